The van der Waals surface area contributed by atoms with Crippen LogP contribution in [-0.2, 0) is 33.4 Å². The first kappa shape index (κ1) is 19.9. The highest BCUT2D eigenvalue weighted by Crippen LogP contribution is 2.63. The number of carbonyl (C=O) groups is 4. The summed E-state index contributed by atoms with van der Waals surface area (Å²) < 4.78 is 15.9. The Hall–Kier alpha value is -2.44. The molecule has 0 unspecified atom stereocenters. The third-order valence-corrected chi connectivity index (χ3v) is 7.52. The van der Waals surface area contributed by atoms with Gasteiger partial charge in [-0.15, -0.1) is 0 Å². The molecule has 0 N–H and O–H groups in total. The Bertz CT molecular complexity index is 853. The Balaban J connectivity index is 1.72. The third-order valence-electron chi connectivity index (χ3n) is 7.52. The predicted octanol–water partition coefficient (Wildman–Crippen LogP) is 2.29. The molecule has 1 saturated heterocycles. The summed E-state index contributed by atoms with van der Waals surface area (Å²) in [5.74, 6) is -1.38. The lowest BCUT2D eigenvalue weighted by Gasteiger charge is -2.56. The van der Waals surface area contributed by atoms with Gasteiger partial charge in [-0.05, 0) is 42.7 Å². The van der Waals surface area contributed by atoms with Crippen molar-refractivity contribution in [3.05, 3.63) is 23.3 Å². The Kier molecular flexibility index (Phi) is 4.67. The normalized spacial score (nSPS) is 38.4. The average molecular weight is 402 g/mol. The largest absolute Gasteiger partial charge is 0.461 e. The molecule has 2 aliphatic carbocycles. The highest BCUT2D eigenvalue weighted by Gasteiger charge is 2.64. The first-order valence-corrected chi connectivity index (χ1v) is 10.1. The summed E-state index contributed by atoms with van der Waals surface area (Å²) in [4.78, 5) is 49.0. The molecule has 0 amide bonds. The number of hydrogen-bond donors (Lipinski definition) is 0. The smallest absolute Gasteiger partial charge is 0.334 e. The van der Waals surface area contributed by atoms with Crippen molar-refractivity contribution in [2.24, 2.45) is 22.7 Å². The molecule has 1 spiro atoms. The maximum Gasteiger partial charge on any atom is 0.334 e. The van der Waals surface area contributed by atoms with Gasteiger partial charge < -0.3 is 14.2 Å². The van der Waals surface area contributed by atoms with Crippen molar-refractivity contribution < 1.29 is 33.4 Å². The van der Waals surface area contributed by atoms with Crippen molar-refractivity contribution in [3.63, 3.8) is 0 Å². The molecule has 4 aliphatic rings. The zero-order valence-electron chi connectivity index (χ0n) is 17.0. The van der Waals surface area contributed by atoms with Crippen LogP contribution in [0.4, 0.5) is 0 Å². The molecule has 0 aromatic carbocycles. The van der Waals surface area contributed by atoms with Crippen LogP contribution in [0, 0.1) is 22.7 Å². The summed E-state index contributed by atoms with van der Waals surface area (Å²) in [6, 6.07) is 0. The van der Waals surface area contributed by atoms with Crippen molar-refractivity contribution in [3.8, 4) is 0 Å². The standard InChI is InChI=1S/C22H26O7/c1-12-17(24)10-22-11-28-20(26)16(22)8-15(29-13(2)23)9-18(22)21(12,3)6-4-14-5-7-27-19(14)25/h5,8,12,15,18H,4,6-7,9-11H2,1-3H3/t12-,15-,18-,21+,22-/m1/s1. The van der Waals surface area contributed by atoms with E-state index in [-0.39, 0.29) is 43.2 Å². The molecule has 29 heavy (non-hydrogen) atoms. The molecule has 5 atom stereocenters. The van der Waals surface area contributed by atoms with Crippen LogP contribution < -0.4 is 0 Å². The minimum Gasteiger partial charge on any atom is -0.461 e. The molecule has 1 saturated carbocycles. The summed E-state index contributed by atoms with van der Waals surface area (Å²) in [6.45, 7) is 5.79. The number of rotatable bonds is 4. The molecule has 7 nitrogen and oxygen atoms in total. The molecule has 2 aliphatic heterocycles. The fourth-order valence-electron chi connectivity index (χ4n) is 5.78. The minimum absolute atomic E-state index is 0.0866. The lowest BCUT2D eigenvalue weighted by atomic mass is 9.46. The zero-order chi connectivity index (χ0) is 21.0. The van der Waals surface area contributed by atoms with E-state index < -0.39 is 28.9 Å². The van der Waals surface area contributed by atoms with Crippen molar-refractivity contribution in [2.75, 3.05) is 13.2 Å². The zero-order valence-corrected chi connectivity index (χ0v) is 17.0. The van der Waals surface area contributed by atoms with E-state index in [2.05, 4.69) is 6.92 Å². The molecule has 156 valence electrons. The molecule has 4 rings (SSSR count). The van der Waals surface area contributed by atoms with Gasteiger partial charge in [-0.1, -0.05) is 13.8 Å². The third kappa shape index (κ3) is 3.02. The maximum absolute atomic E-state index is 13.0. The van der Waals surface area contributed by atoms with Gasteiger partial charge in [-0.3, -0.25) is 9.59 Å². The molecule has 0 aromatic rings. The fourth-order valence-corrected chi connectivity index (χ4v) is 5.78. The summed E-state index contributed by atoms with van der Waals surface area (Å²) in [5, 5.41) is 0. The SMILES string of the molecule is CC(=O)O[C@@H]1C=C2C(=O)OC[C@]23CC(=O)[C@@H](C)[C@](C)(CCC2=CCOC2=O)[C@H]3C1. The molecule has 0 radical (unpaired) electrons. The number of esters is 3. The van der Waals surface area contributed by atoms with E-state index in [1.165, 1.54) is 6.92 Å². The van der Waals surface area contributed by atoms with E-state index >= 15 is 0 Å². The summed E-state index contributed by atoms with van der Waals surface area (Å²) in [7, 11) is 0. The molecule has 2 fully saturated rings. The minimum atomic E-state index is -0.684. The predicted molar refractivity (Wildman–Crippen MR) is 100 cm³/mol. The van der Waals surface area contributed by atoms with Crippen molar-refractivity contribution in [2.45, 2.75) is 52.6 Å². The first-order chi connectivity index (χ1) is 13.7. The monoisotopic (exact) mass is 402 g/mol. The van der Waals surface area contributed by atoms with Gasteiger partial charge >= 0.3 is 17.9 Å². The van der Waals surface area contributed by atoms with Crippen LogP contribution in [0.5, 0.6) is 0 Å². The topological polar surface area (TPSA) is 96.0 Å². The van der Waals surface area contributed by atoms with Crippen LogP contribution in [0.1, 0.15) is 46.5 Å². The van der Waals surface area contributed by atoms with Gasteiger partial charge in [0, 0.05) is 35.8 Å². The van der Waals surface area contributed by atoms with E-state index in [0.717, 1.165) is 0 Å². The van der Waals surface area contributed by atoms with Crippen LogP contribution >= 0.6 is 0 Å². The molecule has 0 bridgehead atoms. The Labute approximate surface area is 169 Å². The Morgan fingerprint density at radius 3 is 2.66 bits per heavy atom. The molecular weight excluding hydrogens is 376 g/mol. The highest BCUT2D eigenvalue weighted by molar-refractivity contribution is 5.96. The van der Waals surface area contributed by atoms with E-state index in [0.29, 0.717) is 30.4 Å². The van der Waals surface area contributed by atoms with Crippen LogP contribution in [0.15, 0.2) is 23.3 Å². The van der Waals surface area contributed by atoms with Gasteiger partial charge in [0.1, 0.15) is 25.1 Å². The lowest BCUT2D eigenvalue weighted by molar-refractivity contribution is -0.155. The number of hydrogen-bond acceptors (Lipinski definition) is 7. The van der Waals surface area contributed by atoms with Crippen LogP contribution in [0.3, 0.4) is 0 Å². The van der Waals surface area contributed by atoms with E-state index in [9.17, 15) is 19.2 Å². The second-order valence-electron chi connectivity index (χ2n) is 8.95. The van der Waals surface area contributed by atoms with Crippen molar-refractivity contribution in [1.29, 1.82) is 0 Å². The summed E-state index contributed by atoms with van der Waals surface area (Å²) in [6.07, 6.45) is 4.82. The average Bonchev–Trinajstić information content (AvgIpc) is 3.21. The van der Waals surface area contributed by atoms with Gasteiger partial charge in [-0.25, -0.2) is 9.59 Å². The van der Waals surface area contributed by atoms with Crippen LogP contribution in [0.2, 0.25) is 0 Å². The second kappa shape index (κ2) is 6.82. The summed E-state index contributed by atoms with van der Waals surface area (Å²) >= 11 is 0. The highest BCUT2D eigenvalue weighted by atomic mass is 16.6. The molecule has 0 aromatic heterocycles. The van der Waals surface area contributed by atoms with Crippen molar-refractivity contribution >= 4 is 23.7 Å². The summed E-state index contributed by atoms with van der Waals surface area (Å²) in [5.41, 5.74) is -0.0694. The Morgan fingerprint density at radius 1 is 1.24 bits per heavy atom. The van der Waals surface area contributed by atoms with Gasteiger partial charge in [-0.2, -0.15) is 0 Å². The molecule has 2 heterocycles. The first-order valence-electron chi connectivity index (χ1n) is 10.1. The second-order valence-corrected chi connectivity index (χ2v) is 8.95. The number of cyclic esters (lactones) is 2. The number of ketones is 1. The molecular formula is C22H26O7. The van der Waals surface area contributed by atoms with Gasteiger partial charge in [0.25, 0.3) is 0 Å². The van der Waals surface area contributed by atoms with Gasteiger partial charge in [0.05, 0.1) is 0 Å². The van der Waals surface area contributed by atoms with Crippen molar-refractivity contribution in [1.82, 2.24) is 0 Å². The lowest BCUT2D eigenvalue weighted by Crippen LogP contribution is -2.57. The maximum atomic E-state index is 13.0. The fraction of sp³-hybridized carbons (Fsp3) is 0.636. The quantitative estimate of drug-likeness (QED) is 0.526. The Morgan fingerprint density at radius 2 is 2.00 bits per heavy atom. The van der Waals surface area contributed by atoms with E-state index in [1.54, 1.807) is 12.2 Å². The van der Waals surface area contributed by atoms with Crippen LogP contribution in [-0.4, -0.2) is 43.0 Å². The number of ether oxygens (including phenoxy) is 3. The van der Waals surface area contributed by atoms with Gasteiger partial charge in [0.15, 0.2) is 0 Å². The van der Waals surface area contributed by atoms with Gasteiger partial charge in [0.2, 0.25) is 0 Å². The number of Topliss-reactive ketones (excluding diaryl/α,β-unsaturated/α-hetero) is 1. The van der Waals surface area contributed by atoms with E-state index in [1.807, 2.05) is 6.92 Å². The van der Waals surface area contributed by atoms with Crippen LogP contribution in [0.25, 0.3) is 0 Å². The van der Waals surface area contributed by atoms with E-state index in [4.69, 9.17) is 14.2 Å². The number of carbonyl (C=O) groups excluding carboxylic acids is 4. The molecule has 7 heteroatoms.